The van der Waals surface area contributed by atoms with E-state index in [0.29, 0.717) is 11.1 Å². The number of para-hydroxylation sites is 1. The lowest BCUT2D eigenvalue weighted by Crippen LogP contribution is -2.08. The minimum atomic E-state index is -0.469. The molecule has 0 aliphatic rings. The van der Waals surface area contributed by atoms with Crippen molar-refractivity contribution in [3.63, 3.8) is 0 Å². The highest BCUT2D eigenvalue weighted by atomic mass is 16.6. The van der Waals surface area contributed by atoms with Crippen molar-refractivity contribution in [1.29, 1.82) is 0 Å². The molecular weight excluding hydrogens is 270 g/mol. The molecule has 0 aromatic heterocycles. The molecule has 0 heterocycles. The molecule has 2 aromatic rings. The van der Waals surface area contributed by atoms with Gasteiger partial charge in [-0.3, -0.25) is 14.9 Å². The van der Waals surface area contributed by atoms with Crippen LogP contribution in [0.1, 0.15) is 22.3 Å². The summed E-state index contributed by atoms with van der Waals surface area (Å²) in [4.78, 5) is 22.5. The van der Waals surface area contributed by atoms with E-state index >= 15 is 0 Å². The van der Waals surface area contributed by atoms with Gasteiger partial charge in [0.05, 0.1) is 11.5 Å². The molecule has 2 aromatic carbocycles. The number of aryl methyl sites for hydroxylation is 1. The first-order valence-corrected chi connectivity index (χ1v) is 6.54. The molecule has 0 N–H and O–H groups in total. The van der Waals surface area contributed by atoms with Crippen molar-refractivity contribution in [3.05, 3.63) is 69.8 Å². The predicted octanol–water partition coefficient (Wildman–Crippen LogP) is 3.56. The summed E-state index contributed by atoms with van der Waals surface area (Å²) in [5.41, 5.74) is 1.09. The maximum atomic E-state index is 11.9. The van der Waals surface area contributed by atoms with Crippen molar-refractivity contribution in [1.82, 2.24) is 0 Å². The van der Waals surface area contributed by atoms with E-state index in [-0.39, 0.29) is 30.2 Å². The highest BCUT2D eigenvalue weighted by molar-refractivity contribution is 5.96. The molecule has 0 unspecified atom stereocenters. The summed E-state index contributed by atoms with van der Waals surface area (Å²) in [5, 5.41) is 11.0. The fraction of sp³-hybridized carbons (Fsp3) is 0.188. The van der Waals surface area contributed by atoms with Crippen LogP contribution in [0.3, 0.4) is 0 Å². The van der Waals surface area contributed by atoms with E-state index < -0.39 is 4.92 Å². The number of ether oxygens (including phenoxy) is 1. The number of hydrogen-bond donors (Lipinski definition) is 0. The molecule has 0 bridgehead atoms. The van der Waals surface area contributed by atoms with Crippen LogP contribution in [-0.2, 0) is 0 Å². The number of nitrogens with zero attached hydrogens (tertiary/aromatic N) is 1. The van der Waals surface area contributed by atoms with Crippen LogP contribution in [-0.4, -0.2) is 17.3 Å². The van der Waals surface area contributed by atoms with Crippen LogP contribution in [0.2, 0.25) is 0 Å². The molecule has 0 saturated heterocycles. The second kappa shape index (κ2) is 6.65. The molecular formula is C16H15NO4. The SMILES string of the molecule is Cc1cccc(OCCC(=O)c2ccccc2)c1[N+](=O)[O-]. The number of Topliss-reactive ketones (excluding diaryl/α,β-unsaturated/α-hetero) is 1. The number of hydrogen-bond acceptors (Lipinski definition) is 4. The number of nitro groups is 1. The lowest BCUT2D eigenvalue weighted by atomic mass is 10.1. The van der Waals surface area contributed by atoms with Crippen molar-refractivity contribution in [2.24, 2.45) is 0 Å². The summed E-state index contributed by atoms with van der Waals surface area (Å²) in [7, 11) is 0. The van der Waals surface area contributed by atoms with Crippen LogP contribution in [0.15, 0.2) is 48.5 Å². The van der Waals surface area contributed by atoms with Gasteiger partial charge in [-0.1, -0.05) is 42.5 Å². The Balaban J connectivity index is 2.00. The van der Waals surface area contributed by atoms with Crippen molar-refractivity contribution in [2.45, 2.75) is 13.3 Å². The van der Waals surface area contributed by atoms with Crippen molar-refractivity contribution < 1.29 is 14.5 Å². The minimum Gasteiger partial charge on any atom is -0.486 e. The van der Waals surface area contributed by atoms with Gasteiger partial charge in [0, 0.05) is 17.5 Å². The summed E-state index contributed by atoms with van der Waals surface area (Å²) in [5.74, 6) is 0.145. The molecule has 5 nitrogen and oxygen atoms in total. The Morgan fingerprint density at radius 1 is 1.14 bits per heavy atom. The minimum absolute atomic E-state index is 0.0501. The summed E-state index contributed by atoms with van der Waals surface area (Å²) in [6, 6.07) is 13.8. The van der Waals surface area contributed by atoms with Gasteiger partial charge in [0.1, 0.15) is 0 Å². The summed E-state index contributed by atoms with van der Waals surface area (Å²) in [6.07, 6.45) is 0.176. The van der Waals surface area contributed by atoms with Crippen molar-refractivity contribution >= 4 is 11.5 Å². The summed E-state index contributed by atoms with van der Waals surface area (Å²) < 4.78 is 5.41. The van der Waals surface area contributed by atoms with Gasteiger partial charge in [0.2, 0.25) is 0 Å². The monoisotopic (exact) mass is 285 g/mol. The second-order valence-electron chi connectivity index (χ2n) is 4.57. The molecule has 0 fully saturated rings. The second-order valence-corrected chi connectivity index (χ2v) is 4.57. The predicted molar refractivity (Wildman–Crippen MR) is 78.7 cm³/mol. The van der Waals surface area contributed by atoms with E-state index in [1.54, 1.807) is 43.3 Å². The zero-order valence-corrected chi connectivity index (χ0v) is 11.6. The largest absolute Gasteiger partial charge is 0.486 e. The van der Waals surface area contributed by atoms with Crippen LogP contribution in [0.25, 0.3) is 0 Å². The summed E-state index contributed by atoms with van der Waals surface area (Å²) in [6.45, 7) is 1.76. The number of ketones is 1. The zero-order valence-electron chi connectivity index (χ0n) is 11.6. The molecule has 0 spiro atoms. The number of carbonyl (C=O) groups excluding carboxylic acids is 1. The first kappa shape index (κ1) is 14.7. The van der Waals surface area contributed by atoms with Gasteiger partial charge in [0.15, 0.2) is 11.5 Å². The van der Waals surface area contributed by atoms with Gasteiger partial charge >= 0.3 is 5.69 Å². The molecule has 0 aliphatic heterocycles. The number of nitro benzene ring substituents is 1. The Morgan fingerprint density at radius 2 is 1.86 bits per heavy atom. The fourth-order valence-corrected chi connectivity index (χ4v) is 2.00. The number of rotatable bonds is 6. The molecule has 0 radical (unpaired) electrons. The Bertz CT molecular complexity index is 653. The fourth-order valence-electron chi connectivity index (χ4n) is 2.00. The molecule has 108 valence electrons. The maximum absolute atomic E-state index is 11.9. The van der Waals surface area contributed by atoms with Gasteiger partial charge in [-0.2, -0.15) is 0 Å². The third kappa shape index (κ3) is 3.66. The zero-order chi connectivity index (χ0) is 15.2. The quantitative estimate of drug-likeness (QED) is 0.462. The van der Waals surface area contributed by atoms with Gasteiger partial charge in [0.25, 0.3) is 0 Å². The molecule has 0 aliphatic carbocycles. The number of benzene rings is 2. The van der Waals surface area contributed by atoms with Crippen LogP contribution in [0.4, 0.5) is 5.69 Å². The molecule has 0 saturated carbocycles. The molecule has 0 amide bonds. The topological polar surface area (TPSA) is 69.4 Å². The standard InChI is InChI=1S/C16H15NO4/c1-12-6-5-9-15(16(12)17(19)20)21-11-10-14(18)13-7-3-2-4-8-13/h2-9H,10-11H2,1H3. The van der Waals surface area contributed by atoms with Crippen LogP contribution < -0.4 is 4.74 Å². The molecule has 5 heteroatoms. The van der Waals surface area contributed by atoms with E-state index in [1.165, 1.54) is 6.07 Å². The van der Waals surface area contributed by atoms with Crippen molar-refractivity contribution in [3.8, 4) is 5.75 Å². The number of carbonyl (C=O) groups is 1. The van der Waals surface area contributed by atoms with Gasteiger partial charge < -0.3 is 4.74 Å². The van der Waals surface area contributed by atoms with E-state index in [9.17, 15) is 14.9 Å². The Hall–Kier alpha value is -2.69. The smallest absolute Gasteiger partial charge is 0.313 e. The Labute approximate surface area is 122 Å². The van der Waals surface area contributed by atoms with Crippen LogP contribution in [0.5, 0.6) is 5.75 Å². The van der Waals surface area contributed by atoms with Crippen LogP contribution in [0, 0.1) is 17.0 Å². The Morgan fingerprint density at radius 3 is 2.52 bits per heavy atom. The van der Waals surface area contributed by atoms with E-state index in [1.807, 2.05) is 6.07 Å². The molecule has 0 atom stereocenters. The third-order valence-electron chi connectivity index (χ3n) is 3.07. The lowest BCUT2D eigenvalue weighted by Gasteiger charge is -2.07. The average Bonchev–Trinajstić information content (AvgIpc) is 2.47. The van der Waals surface area contributed by atoms with Crippen LogP contribution >= 0.6 is 0 Å². The van der Waals surface area contributed by atoms with Gasteiger partial charge in [-0.25, -0.2) is 0 Å². The van der Waals surface area contributed by atoms with E-state index in [4.69, 9.17) is 4.74 Å². The van der Waals surface area contributed by atoms with Crippen molar-refractivity contribution in [2.75, 3.05) is 6.61 Å². The first-order chi connectivity index (χ1) is 10.1. The maximum Gasteiger partial charge on any atom is 0.313 e. The highest BCUT2D eigenvalue weighted by Gasteiger charge is 2.18. The normalized spacial score (nSPS) is 10.1. The molecule has 2 rings (SSSR count). The Kier molecular flexibility index (Phi) is 4.66. The third-order valence-corrected chi connectivity index (χ3v) is 3.07. The average molecular weight is 285 g/mol. The van der Waals surface area contributed by atoms with Gasteiger partial charge in [-0.05, 0) is 13.0 Å². The molecule has 21 heavy (non-hydrogen) atoms. The highest BCUT2D eigenvalue weighted by Crippen LogP contribution is 2.30. The van der Waals surface area contributed by atoms with E-state index in [0.717, 1.165) is 0 Å². The first-order valence-electron chi connectivity index (χ1n) is 6.54. The lowest BCUT2D eigenvalue weighted by molar-refractivity contribution is -0.386. The van der Waals surface area contributed by atoms with E-state index in [2.05, 4.69) is 0 Å². The summed E-state index contributed by atoms with van der Waals surface area (Å²) >= 11 is 0. The van der Waals surface area contributed by atoms with Gasteiger partial charge in [-0.15, -0.1) is 0 Å².